The molecule has 0 aromatic heterocycles. The average molecular weight is 459 g/mol. The van der Waals surface area contributed by atoms with E-state index in [2.05, 4.69) is 22.9 Å². The molecule has 0 unspecified atom stereocenters. The fraction of sp³-hybridized carbons (Fsp3) is 0.818. The molecule has 0 bridgehead atoms. The Bertz CT molecular complexity index is 502. The molecule has 0 heterocycles. The molecule has 0 aliphatic carbocycles. The molecule has 0 saturated carbocycles. The van der Waals surface area contributed by atoms with Crippen molar-refractivity contribution in [1.29, 1.82) is 0 Å². The summed E-state index contributed by atoms with van der Waals surface area (Å²) in [5.41, 5.74) is 6.13. The number of hydrogen-bond acceptors (Lipinski definition) is 6. The Balaban J connectivity index is 6.12. The van der Waals surface area contributed by atoms with Crippen LogP contribution in [0.1, 0.15) is 83.1 Å². The number of hydrogen-bond donors (Lipinski definition) is 0. The molecule has 8 heteroatoms. The molecule has 0 aromatic rings. The lowest BCUT2D eigenvalue weighted by atomic mass is 10.5. The molecule has 0 N–H and O–H groups in total. The molecule has 6 nitrogen and oxygen atoms in total. The van der Waals surface area contributed by atoms with Crippen LogP contribution >= 0.6 is 0 Å². The van der Waals surface area contributed by atoms with E-state index in [-0.39, 0.29) is 36.6 Å². The molecule has 174 valence electrons. The van der Waals surface area contributed by atoms with Crippen molar-refractivity contribution in [3.05, 3.63) is 0 Å². The molecule has 0 saturated heterocycles. The van der Waals surface area contributed by atoms with Gasteiger partial charge in [-0.25, -0.2) is 0 Å². The van der Waals surface area contributed by atoms with Gasteiger partial charge in [0.25, 0.3) is 0 Å². The number of rotatable bonds is 12. The van der Waals surface area contributed by atoms with E-state index in [1.807, 2.05) is 83.1 Å². The molecule has 0 aliphatic heterocycles. The summed E-state index contributed by atoms with van der Waals surface area (Å²) in [4.78, 5) is 0. The molecule has 0 amide bonds. The zero-order valence-electron chi connectivity index (χ0n) is 20.9. The average Bonchev–Trinajstić information content (AvgIpc) is 2.47. The Kier molecular flexibility index (Phi) is 13.4. The smallest absolute Gasteiger partial charge is 0.361 e. The van der Waals surface area contributed by atoms with E-state index in [4.69, 9.17) is 26.6 Å². The van der Waals surface area contributed by atoms with Gasteiger partial charge in [-0.05, 0) is 106 Å². The molecule has 30 heavy (non-hydrogen) atoms. The monoisotopic (exact) mass is 458 g/mol. The van der Waals surface area contributed by atoms with Gasteiger partial charge in [0.05, 0.1) is 0 Å². The quantitative estimate of drug-likeness (QED) is 0.317. The van der Waals surface area contributed by atoms with Crippen LogP contribution in [-0.2, 0) is 26.6 Å². The lowest BCUT2D eigenvalue weighted by Crippen LogP contribution is -2.50. The maximum Gasteiger partial charge on any atom is 0.593 e. The van der Waals surface area contributed by atoms with Crippen molar-refractivity contribution in [2.75, 3.05) is 0 Å². The Morgan fingerprint density at radius 3 is 0.667 bits per heavy atom. The highest BCUT2D eigenvalue weighted by atomic mass is 28.4. The van der Waals surface area contributed by atoms with E-state index in [1.165, 1.54) is 0 Å². The minimum Gasteiger partial charge on any atom is -0.361 e. The molecule has 0 fully saturated rings. The maximum atomic E-state index is 6.06. The van der Waals surface area contributed by atoms with Gasteiger partial charge >= 0.3 is 17.6 Å². The molecule has 0 aliphatic rings. The predicted octanol–water partition coefficient (Wildman–Crippen LogP) is 4.50. The van der Waals surface area contributed by atoms with Crippen molar-refractivity contribution in [3.8, 4) is 22.9 Å². The molecule has 0 aromatic carbocycles. The van der Waals surface area contributed by atoms with Crippen LogP contribution in [0, 0.1) is 22.9 Å². The van der Waals surface area contributed by atoms with Gasteiger partial charge in [0.1, 0.15) is 0 Å². The van der Waals surface area contributed by atoms with Gasteiger partial charge in [-0.1, -0.05) is 0 Å². The third kappa shape index (κ3) is 12.9. The Hall–Kier alpha value is -0.686. The van der Waals surface area contributed by atoms with Crippen molar-refractivity contribution in [2.45, 2.75) is 120 Å². The summed E-state index contributed by atoms with van der Waals surface area (Å²) in [6, 6.07) is 0. The Morgan fingerprint density at radius 1 is 0.367 bits per heavy atom. The van der Waals surface area contributed by atoms with E-state index in [0.29, 0.717) is 0 Å². The summed E-state index contributed by atoms with van der Waals surface area (Å²) in [5, 5.41) is 0. The van der Waals surface area contributed by atoms with Gasteiger partial charge in [0, 0.05) is 36.6 Å². The SMILES string of the molecule is CC(C)O[Si](C#CC#C[Si](OC(C)C)(OC(C)C)OC(C)C)(OC(C)C)OC(C)C. The van der Waals surface area contributed by atoms with Crippen LogP contribution in [-0.4, -0.2) is 54.2 Å². The van der Waals surface area contributed by atoms with Gasteiger partial charge < -0.3 is 26.6 Å². The van der Waals surface area contributed by atoms with E-state index in [0.717, 1.165) is 0 Å². The Morgan fingerprint density at radius 2 is 0.533 bits per heavy atom. The van der Waals surface area contributed by atoms with Gasteiger partial charge in [-0.15, -0.1) is 0 Å². The minimum absolute atomic E-state index is 0.0947. The predicted molar refractivity (Wildman–Crippen MR) is 124 cm³/mol. The van der Waals surface area contributed by atoms with E-state index < -0.39 is 17.6 Å². The molecule has 0 rings (SSSR count). The molecule has 0 spiro atoms. The largest absolute Gasteiger partial charge is 0.593 e. The van der Waals surface area contributed by atoms with Crippen molar-refractivity contribution in [2.24, 2.45) is 0 Å². The topological polar surface area (TPSA) is 55.4 Å². The van der Waals surface area contributed by atoms with Crippen molar-refractivity contribution >= 4 is 17.6 Å². The first-order valence-electron chi connectivity index (χ1n) is 10.8. The molecular weight excluding hydrogens is 416 g/mol. The highest BCUT2D eigenvalue weighted by Gasteiger charge is 2.45. The van der Waals surface area contributed by atoms with Crippen LogP contribution in [0.4, 0.5) is 0 Å². The van der Waals surface area contributed by atoms with Gasteiger partial charge in [0.15, 0.2) is 0 Å². The van der Waals surface area contributed by atoms with E-state index in [9.17, 15) is 0 Å². The maximum absolute atomic E-state index is 6.06. The fourth-order valence-corrected chi connectivity index (χ4v) is 7.26. The van der Waals surface area contributed by atoms with Gasteiger partial charge in [-0.2, -0.15) is 0 Å². The van der Waals surface area contributed by atoms with Crippen LogP contribution in [0.3, 0.4) is 0 Å². The summed E-state index contributed by atoms with van der Waals surface area (Å²) in [6.07, 6.45) is -0.568. The van der Waals surface area contributed by atoms with Crippen LogP contribution in [0.2, 0.25) is 0 Å². The molecule has 0 atom stereocenters. The van der Waals surface area contributed by atoms with Crippen LogP contribution < -0.4 is 0 Å². The van der Waals surface area contributed by atoms with Gasteiger partial charge in [0.2, 0.25) is 0 Å². The summed E-state index contributed by atoms with van der Waals surface area (Å²) in [7, 11) is -6.50. The standard InChI is InChI=1S/C22H42O6Si2/c1-17(2)23-29(24-18(3)4,25-19(5)6)15-13-14-16-30(26-20(7)8,27-21(9)10)28-22(11)12/h17-22H,1-12H3. The lowest BCUT2D eigenvalue weighted by molar-refractivity contribution is 0.0150. The molecular formula is C22H42O6Si2. The summed E-state index contributed by atoms with van der Waals surface area (Å²) in [5.74, 6) is 5.78. The van der Waals surface area contributed by atoms with Crippen LogP contribution in [0.25, 0.3) is 0 Å². The second kappa shape index (κ2) is 13.7. The third-order valence-corrected chi connectivity index (χ3v) is 8.39. The summed E-state index contributed by atoms with van der Waals surface area (Å²) >= 11 is 0. The normalized spacial score (nSPS) is 12.7. The van der Waals surface area contributed by atoms with E-state index in [1.54, 1.807) is 0 Å². The van der Waals surface area contributed by atoms with Crippen molar-refractivity contribution in [1.82, 2.24) is 0 Å². The zero-order valence-corrected chi connectivity index (χ0v) is 22.9. The lowest BCUT2D eigenvalue weighted by Gasteiger charge is -2.30. The second-order valence-corrected chi connectivity index (χ2v) is 12.8. The first-order chi connectivity index (χ1) is 13.7. The second-order valence-electron chi connectivity index (χ2n) is 8.61. The molecule has 0 radical (unpaired) electrons. The van der Waals surface area contributed by atoms with Gasteiger partial charge in [-0.3, -0.25) is 0 Å². The summed E-state index contributed by atoms with van der Waals surface area (Å²) in [6.45, 7) is 23.2. The highest BCUT2D eigenvalue weighted by molar-refractivity contribution is 6.70. The summed E-state index contributed by atoms with van der Waals surface area (Å²) < 4.78 is 36.3. The first kappa shape index (κ1) is 29.3. The van der Waals surface area contributed by atoms with Crippen molar-refractivity contribution < 1.29 is 26.6 Å². The highest BCUT2D eigenvalue weighted by Crippen LogP contribution is 2.18. The van der Waals surface area contributed by atoms with Crippen LogP contribution in [0.15, 0.2) is 0 Å². The Labute approximate surface area is 187 Å². The zero-order chi connectivity index (χ0) is 23.5. The van der Waals surface area contributed by atoms with Crippen LogP contribution in [0.5, 0.6) is 0 Å². The third-order valence-electron chi connectivity index (χ3n) is 2.84. The van der Waals surface area contributed by atoms with E-state index >= 15 is 0 Å². The first-order valence-corrected chi connectivity index (χ1v) is 14.3. The van der Waals surface area contributed by atoms with Crippen molar-refractivity contribution in [3.63, 3.8) is 0 Å². The minimum atomic E-state index is -3.25. The fourth-order valence-electron chi connectivity index (χ4n) is 2.42.